The molecular weight excluding hydrogens is 190 g/mol. The smallest absolute Gasteiger partial charge is 0.315 e. The first kappa shape index (κ1) is 11.8. The van der Waals surface area contributed by atoms with Gasteiger partial charge in [-0.2, -0.15) is 5.26 Å². The molecule has 4 heteroatoms. The number of nitrogens with one attached hydrogen (secondary N) is 2. The number of hydrogen-bond donors (Lipinski definition) is 2. The molecule has 1 aliphatic carbocycles. The molecule has 0 spiro atoms. The number of rotatable bonds is 3. The van der Waals surface area contributed by atoms with Crippen LogP contribution in [0.3, 0.4) is 0 Å². The summed E-state index contributed by atoms with van der Waals surface area (Å²) in [6.07, 6.45) is 5.87. The zero-order chi connectivity index (χ0) is 11.1. The minimum Gasteiger partial charge on any atom is -0.337 e. The van der Waals surface area contributed by atoms with Crippen LogP contribution >= 0.6 is 0 Å². The maximum atomic E-state index is 11.4. The molecule has 0 aromatic heterocycles. The molecule has 2 N–H and O–H groups in total. The summed E-state index contributed by atoms with van der Waals surface area (Å²) in [5.41, 5.74) is 0. The molecule has 1 saturated carbocycles. The Hall–Kier alpha value is -1.24. The Labute approximate surface area is 91.0 Å². The molecular formula is C11H19N3O. The topological polar surface area (TPSA) is 64.9 Å². The van der Waals surface area contributed by atoms with Gasteiger partial charge in [0.15, 0.2) is 0 Å². The molecule has 84 valence electrons. The molecule has 2 amide bonds. The molecule has 1 atom stereocenters. The van der Waals surface area contributed by atoms with Gasteiger partial charge in [-0.05, 0) is 19.8 Å². The maximum Gasteiger partial charge on any atom is 0.315 e. The fourth-order valence-corrected chi connectivity index (χ4v) is 1.77. The molecule has 1 unspecified atom stereocenters. The monoisotopic (exact) mass is 209 g/mol. The second-order valence-electron chi connectivity index (χ2n) is 4.22. The summed E-state index contributed by atoms with van der Waals surface area (Å²) in [7, 11) is 0. The number of amides is 2. The Morgan fingerprint density at radius 1 is 1.47 bits per heavy atom. The molecule has 0 bridgehead atoms. The highest BCUT2D eigenvalue weighted by atomic mass is 16.2. The fraction of sp³-hybridized carbons (Fsp3) is 0.818. The second-order valence-corrected chi connectivity index (χ2v) is 4.22. The number of carbonyl (C=O) groups is 1. The molecule has 4 nitrogen and oxygen atoms in total. The van der Waals surface area contributed by atoms with E-state index in [2.05, 4.69) is 16.7 Å². The van der Waals surface area contributed by atoms with Crippen molar-refractivity contribution in [3.63, 3.8) is 0 Å². The van der Waals surface area contributed by atoms with E-state index in [1.165, 1.54) is 19.3 Å². The Bertz CT molecular complexity index is 241. The van der Waals surface area contributed by atoms with E-state index in [1.54, 1.807) is 6.92 Å². The van der Waals surface area contributed by atoms with Gasteiger partial charge in [0.1, 0.15) is 0 Å². The number of hydrogen-bond acceptors (Lipinski definition) is 2. The van der Waals surface area contributed by atoms with Crippen LogP contribution < -0.4 is 10.6 Å². The maximum absolute atomic E-state index is 11.4. The standard InChI is InChI=1S/C11H19N3O/c1-9(7-12)8-13-11(15)14-10-5-3-2-4-6-10/h9-10H,2-6,8H2,1H3,(H2,13,14,15). The van der Waals surface area contributed by atoms with Gasteiger partial charge in [-0.25, -0.2) is 4.79 Å². The van der Waals surface area contributed by atoms with Gasteiger partial charge in [0.25, 0.3) is 0 Å². The van der Waals surface area contributed by atoms with Gasteiger partial charge >= 0.3 is 6.03 Å². The first-order chi connectivity index (χ1) is 7.22. The van der Waals surface area contributed by atoms with Crippen LogP contribution in [0.15, 0.2) is 0 Å². The lowest BCUT2D eigenvalue weighted by Gasteiger charge is -2.22. The lowest BCUT2D eigenvalue weighted by Crippen LogP contribution is -2.44. The van der Waals surface area contributed by atoms with E-state index in [-0.39, 0.29) is 11.9 Å². The SMILES string of the molecule is CC(C#N)CNC(=O)NC1CCCCC1. The van der Waals surface area contributed by atoms with Crippen LogP contribution in [0, 0.1) is 17.2 Å². The quantitative estimate of drug-likeness (QED) is 0.744. The Morgan fingerprint density at radius 2 is 2.13 bits per heavy atom. The fourth-order valence-electron chi connectivity index (χ4n) is 1.77. The van der Waals surface area contributed by atoms with Gasteiger partial charge in [-0.15, -0.1) is 0 Å². The van der Waals surface area contributed by atoms with Crippen molar-refractivity contribution in [2.45, 2.75) is 45.1 Å². The van der Waals surface area contributed by atoms with Crippen molar-refractivity contribution in [2.24, 2.45) is 5.92 Å². The van der Waals surface area contributed by atoms with Crippen molar-refractivity contribution in [3.8, 4) is 6.07 Å². The molecule has 0 radical (unpaired) electrons. The summed E-state index contributed by atoms with van der Waals surface area (Å²) in [4.78, 5) is 11.4. The van der Waals surface area contributed by atoms with E-state index < -0.39 is 0 Å². The largest absolute Gasteiger partial charge is 0.337 e. The Balaban J connectivity index is 2.15. The predicted molar refractivity (Wildman–Crippen MR) is 58.2 cm³/mol. The highest BCUT2D eigenvalue weighted by Crippen LogP contribution is 2.17. The summed E-state index contributed by atoms with van der Waals surface area (Å²) in [5.74, 6) is -0.123. The van der Waals surface area contributed by atoms with Gasteiger partial charge in [-0.1, -0.05) is 19.3 Å². The van der Waals surface area contributed by atoms with Crippen LogP contribution in [0.5, 0.6) is 0 Å². The molecule has 0 saturated heterocycles. The van der Waals surface area contributed by atoms with Gasteiger partial charge in [-0.3, -0.25) is 0 Å². The van der Waals surface area contributed by atoms with Crippen molar-refractivity contribution in [2.75, 3.05) is 6.54 Å². The lowest BCUT2D eigenvalue weighted by molar-refractivity contribution is 0.232. The first-order valence-electron chi connectivity index (χ1n) is 5.66. The molecule has 0 heterocycles. The van der Waals surface area contributed by atoms with Crippen LogP contribution in [-0.4, -0.2) is 18.6 Å². The summed E-state index contributed by atoms with van der Waals surface area (Å²) < 4.78 is 0. The van der Waals surface area contributed by atoms with E-state index in [0.29, 0.717) is 12.6 Å². The van der Waals surface area contributed by atoms with Crippen molar-refractivity contribution in [1.29, 1.82) is 5.26 Å². The van der Waals surface area contributed by atoms with Gasteiger partial charge in [0.2, 0.25) is 0 Å². The summed E-state index contributed by atoms with van der Waals surface area (Å²) >= 11 is 0. The number of urea groups is 1. The van der Waals surface area contributed by atoms with Gasteiger partial charge < -0.3 is 10.6 Å². The minimum absolute atomic E-state index is 0.123. The van der Waals surface area contributed by atoms with Gasteiger partial charge in [0, 0.05) is 12.6 Å². The normalized spacial score (nSPS) is 18.9. The lowest BCUT2D eigenvalue weighted by atomic mass is 9.96. The van der Waals surface area contributed by atoms with Crippen molar-refractivity contribution in [3.05, 3.63) is 0 Å². The van der Waals surface area contributed by atoms with E-state index in [9.17, 15) is 4.79 Å². The van der Waals surface area contributed by atoms with Crippen molar-refractivity contribution < 1.29 is 4.79 Å². The zero-order valence-electron chi connectivity index (χ0n) is 9.25. The molecule has 1 fully saturated rings. The van der Waals surface area contributed by atoms with Crippen LogP contribution in [0.1, 0.15) is 39.0 Å². The number of nitriles is 1. The minimum atomic E-state index is -0.135. The van der Waals surface area contributed by atoms with Crippen molar-refractivity contribution in [1.82, 2.24) is 10.6 Å². The zero-order valence-corrected chi connectivity index (χ0v) is 9.25. The van der Waals surface area contributed by atoms with Crippen LogP contribution in [0.4, 0.5) is 4.79 Å². The Morgan fingerprint density at radius 3 is 2.73 bits per heavy atom. The highest BCUT2D eigenvalue weighted by molar-refractivity contribution is 5.74. The molecule has 1 aliphatic rings. The Kier molecular flexibility index (Phi) is 4.96. The van der Waals surface area contributed by atoms with Crippen LogP contribution in [0.2, 0.25) is 0 Å². The van der Waals surface area contributed by atoms with E-state index in [0.717, 1.165) is 12.8 Å². The van der Waals surface area contributed by atoms with Crippen LogP contribution in [0.25, 0.3) is 0 Å². The highest BCUT2D eigenvalue weighted by Gasteiger charge is 2.15. The summed E-state index contributed by atoms with van der Waals surface area (Å²) in [6, 6.07) is 2.28. The third-order valence-corrected chi connectivity index (χ3v) is 2.73. The first-order valence-corrected chi connectivity index (χ1v) is 5.66. The van der Waals surface area contributed by atoms with E-state index in [4.69, 9.17) is 5.26 Å². The van der Waals surface area contributed by atoms with Gasteiger partial charge in [0.05, 0.1) is 12.0 Å². The van der Waals surface area contributed by atoms with E-state index in [1.807, 2.05) is 0 Å². The van der Waals surface area contributed by atoms with Crippen molar-refractivity contribution >= 4 is 6.03 Å². The molecule has 0 aliphatic heterocycles. The average Bonchev–Trinajstić information content (AvgIpc) is 2.27. The van der Waals surface area contributed by atoms with E-state index >= 15 is 0 Å². The molecule has 0 aromatic rings. The molecule has 15 heavy (non-hydrogen) atoms. The number of carbonyl (C=O) groups excluding carboxylic acids is 1. The average molecular weight is 209 g/mol. The predicted octanol–water partition coefficient (Wildman–Crippen LogP) is 1.78. The molecule has 1 rings (SSSR count). The summed E-state index contributed by atoms with van der Waals surface area (Å²) in [5, 5.41) is 14.2. The second kappa shape index (κ2) is 6.28. The molecule has 0 aromatic carbocycles. The van der Waals surface area contributed by atoms with Crippen LogP contribution in [-0.2, 0) is 0 Å². The number of nitrogens with zero attached hydrogens (tertiary/aromatic N) is 1. The third kappa shape index (κ3) is 4.68. The summed E-state index contributed by atoms with van der Waals surface area (Å²) in [6.45, 7) is 2.22. The third-order valence-electron chi connectivity index (χ3n) is 2.73.